The fraction of sp³-hybridized carbons (Fsp3) is 0.138. The molecule has 0 spiro atoms. The molecule has 0 N–H and O–H groups in total. The van der Waals surface area contributed by atoms with Gasteiger partial charge in [-0.25, -0.2) is 0 Å². The van der Waals surface area contributed by atoms with Gasteiger partial charge in [0.1, 0.15) is 11.2 Å². The molecule has 0 saturated heterocycles. The zero-order chi connectivity index (χ0) is 81.9. The fourth-order valence-corrected chi connectivity index (χ4v) is 18.7. The molecule has 18 aromatic carbocycles. The molecule has 20 rings (SSSR count). The molecule has 0 fully saturated rings. The van der Waals surface area contributed by atoms with E-state index in [0.29, 0.717) is 0 Å². The third-order valence-corrected chi connectivity index (χ3v) is 25.0. The molecule has 0 atom stereocenters. The standard InChI is InChI=1S/C116H96N2O2/c1-113(2,3)83-66-81(67-84(71-83)114(4,5)6)93-47-24-33-77-35-27-50-100(109(77)93)96-42-15-19-54-104(96)118(106-56-30-52-102-98-44-17-21-58-108(98)120-112(102)106)88-39-22-37-80(70-88)91-46-28-38-79-65-74(59-64-92(79)91)73-116(10,11)86-69-82(68-85(72-86)115(7,8)9)94-48-25-34-78-36-26-49-99(110(78)94)95-41-14-18-53-103(95)117(105-55-29-51-101-97-43-16-20-57-107(97)119-111(101)105)87-62-60-76(61-63-87)90-45-23-32-75-31-12-13-40-89(75)90/h12-72H,73H2,1-11H3. The maximum atomic E-state index is 7.03. The number of rotatable bonds is 15. The van der Waals surface area contributed by atoms with E-state index in [0.717, 1.165) is 118 Å². The van der Waals surface area contributed by atoms with Crippen LogP contribution in [0.5, 0.6) is 0 Å². The molecule has 0 aliphatic carbocycles. The Balaban J connectivity index is 0.671. The van der Waals surface area contributed by atoms with E-state index in [4.69, 9.17) is 8.83 Å². The van der Waals surface area contributed by atoms with E-state index in [-0.39, 0.29) is 21.7 Å². The molecule has 0 unspecified atom stereocenters. The van der Waals surface area contributed by atoms with Crippen LogP contribution < -0.4 is 9.80 Å². The fourth-order valence-electron chi connectivity index (χ4n) is 18.7. The Morgan fingerprint density at radius 2 is 0.600 bits per heavy atom. The van der Waals surface area contributed by atoms with Gasteiger partial charge in [0, 0.05) is 44.0 Å². The summed E-state index contributed by atoms with van der Waals surface area (Å²) in [5.74, 6) is 0. The number of nitrogens with zero attached hydrogens (tertiary/aromatic N) is 2. The van der Waals surface area contributed by atoms with E-state index in [9.17, 15) is 0 Å². The molecule has 0 amide bonds. The summed E-state index contributed by atoms with van der Waals surface area (Å²) < 4.78 is 14.0. The van der Waals surface area contributed by atoms with Crippen molar-refractivity contribution in [1.82, 2.24) is 0 Å². The lowest BCUT2D eigenvalue weighted by atomic mass is 9.74. The number of benzene rings is 18. The third kappa shape index (κ3) is 13.5. The summed E-state index contributed by atoms with van der Waals surface area (Å²) in [6, 6.07) is 137. The van der Waals surface area contributed by atoms with Crippen LogP contribution >= 0.6 is 0 Å². The summed E-state index contributed by atoms with van der Waals surface area (Å²) in [5, 5.41) is 14.0. The van der Waals surface area contributed by atoms with Crippen LogP contribution in [0.4, 0.5) is 34.1 Å². The molecular formula is C116H96N2O2. The Labute approximate surface area is 703 Å². The van der Waals surface area contributed by atoms with Crippen LogP contribution in [-0.2, 0) is 28.1 Å². The van der Waals surface area contributed by atoms with Crippen LogP contribution in [0.2, 0.25) is 0 Å². The quantitative estimate of drug-likeness (QED) is 0.102. The smallest absolute Gasteiger partial charge is 0.159 e. The highest BCUT2D eigenvalue weighted by Crippen LogP contribution is 2.53. The topological polar surface area (TPSA) is 32.8 Å². The minimum absolute atomic E-state index is 0.0511. The van der Waals surface area contributed by atoms with Crippen molar-refractivity contribution in [2.24, 2.45) is 0 Å². The van der Waals surface area contributed by atoms with Crippen LogP contribution in [0.25, 0.3) is 154 Å². The van der Waals surface area contributed by atoms with Crippen molar-refractivity contribution in [3.8, 4) is 66.8 Å². The number of para-hydroxylation sites is 6. The van der Waals surface area contributed by atoms with Gasteiger partial charge in [-0.05, 0) is 215 Å². The summed E-state index contributed by atoms with van der Waals surface area (Å²) >= 11 is 0. The van der Waals surface area contributed by atoms with Gasteiger partial charge in [-0.3, -0.25) is 0 Å². The maximum absolute atomic E-state index is 7.03. The largest absolute Gasteiger partial charge is 0.454 e. The number of furan rings is 2. The second-order valence-electron chi connectivity index (χ2n) is 36.5. The normalized spacial score (nSPS) is 12.3. The average molecular weight is 1550 g/mol. The molecule has 2 heterocycles. The van der Waals surface area contributed by atoms with Crippen LogP contribution in [0, 0.1) is 0 Å². The molecule has 0 aliphatic rings. The summed E-state index contributed by atoms with van der Waals surface area (Å²) in [6.45, 7) is 25.9. The first-order valence-electron chi connectivity index (χ1n) is 42.3. The Kier molecular flexibility index (Phi) is 18.4. The summed E-state index contributed by atoms with van der Waals surface area (Å²) in [4.78, 5) is 4.86. The van der Waals surface area contributed by atoms with Gasteiger partial charge < -0.3 is 18.6 Å². The SMILES string of the molecule is CC(C)(C)c1cc(-c2cccc3cccc(-c4ccccc4N(c4cccc(-c5cccc6cc(CC(C)(C)c7cc(-c8cccc9cccc(-c%10ccccc%10N(c%10ccc(-c%11cccc%12ccccc%11%12)cc%10)c%10cccc%11c%10oc%10ccccc%10%11)c89)cc(C(C)(C)C)c7)ccc56)c4)c4cccc5c4oc4ccccc45)c23)cc(C(C)(C)C)c1. The predicted octanol–water partition coefficient (Wildman–Crippen LogP) is 33.5. The average Bonchev–Trinajstić information content (AvgIpc) is 1.59. The van der Waals surface area contributed by atoms with Gasteiger partial charge in [-0.15, -0.1) is 0 Å². The van der Waals surface area contributed by atoms with E-state index in [1.165, 1.54) is 104 Å². The highest BCUT2D eigenvalue weighted by Gasteiger charge is 2.31. The van der Waals surface area contributed by atoms with Crippen molar-refractivity contribution < 1.29 is 8.83 Å². The van der Waals surface area contributed by atoms with Crippen molar-refractivity contribution in [2.45, 2.75) is 104 Å². The Bertz CT molecular complexity index is 7380. The van der Waals surface area contributed by atoms with Crippen LogP contribution in [0.1, 0.15) is 104 Å². The zero-order valence-corrected chi connectivity index (χ0v) is 70.1. The third-order valence-electron chi connectivity index (χ3n) is 25.0. The molecule has 2 aromatic heterocycles. The molecule has 4 heteroatoms. The molecule has 0 radical (unpaired) electrons. The van der Waals surface area contributed by atoms with Crippen molar-refractivity contribution in [2.75, 3.05) is 9.80 Å². The second-order valence-corrected chi connectivity index (χ2v) is 36.5. The van der Waals surface area contributed by atoms with Gasteiger partial charge in [0.25, 0.3) is 0 Å². The van der Waals surface area contributed by atoms with E-state index in [2.05, 4.69) is 456 Å². The van der Waals surface area contributed by atoms with Crippen LogP contribution in [0.3, 0.4) is 0 Å². The first-order valence-corrected chi connectivity index (χ1v) is 42.3. The number of fused-ring (bicyclic) bond motifs is 10. The maximum Gasteiger partial charge on any atom is 0.159 e. The number of hydrogen-bond donors (Lipinski definition) is 0. The van der Waals surface area contributed by atoms with Gasteiger partial charge in [-0.1, -0.05) is 386 Å². The van der Waals surface area contributed by atoms with Gasteiger partial charge in [0.05, 0.1) is 22.7 Å². The minimum Gasteiger partial charge on any atom is -0.454 e. The summed E-state index contributed by atoms with van der Waals surface area (Å²) in [6.07, 6.45) is 0.821. The Hall–Kier alpha value is -13.8. The molecule has 4 nitrogen and oxygen atoms in total. The number of hydrogen-bond acceptors (Lipinski definition) is 4. The molecule has 582 valence electrons. The second kappa shape index (κ2) is 29.4. The van der Waals surface area contributed by atoms with E-state index in [1.54, 1.807) is 0 Å². The lowest BCUT2D eigenvalue weighted by molar-refractivity contribution is 0.518. The summed E-state index contributed by atoms with van der Waals surface area (Å²) in [5.41, 5.74) is 29.5. The highest BCUT2D eigenvalue weighted by molar-refractivity contribution is 6.16. The van der Waals surface area contributed by atoms with E-state index in [1.807, 2.05) is 0 Å². The van der Waals surface area contributed by atoms with Crippen molar-refractivity contribution in [3.63, 3.8) is 0 Å². The van der Waals surface area contributed by atoms with Gasteiger partial charge in [0.15, 0.2) is 11.2 Å². The molecule has 0 bridgehead atoms. The van der Waals surface area contributed by atoms with Crippen molar-refractivity contribution in [3.05, 3.63) is 398 Å². The Morgan fingerprint density at radius 1 is 0.225 bits per heavy atom. The first kappa shape index (κ1) is 75.0. The van der Waals surface area contributed by atoms with Crippen molar-refractivity contribution in [1.29, 1.82) is 0 Å². The van der Waals surface area contributed by atoms with Crippen LogP contribution in [-0.4, -0.2) is 0 Å². The first-order chi connectivity index (χ1) is 58.1. The van der Waals surface area contributed by atoms with Crippen LogP contribution in [0.15, 0.2) is 379 Å². The van der Waals surface area contributed by atoms with Gasteiger partial charge in [-0.2, -0.15) is 0 Å². The molecule has 120 heavy (non-hydrogen) atoms. The monoisotopic (exact) mass is 1550 g/mol. The van der Waals surface area contributed by atoms with Gasteiger partial charge in [0.2, 0.25) is 0 Å². The lowest BCUT2D eigenvalue weighted by Gasteiger charge is -2.30. The van der Waals surface area contributed by atoms with Gasteiger partial charge >= 0.3 is 0 Å². The molecule has 20 aromatic rings. The highest BCUT2D eigenvalue weighted by atomic mass is 16.3. The van der Waals surface area contributed by atoms with E-state index < -0.39 is 0 Å². The van der Waals surface area contributed by atoms with E-state index >= 15 is 0 Å². The Morgan fingerprint density at radius 3 is 1.13 bits per heavy atom. The zero-order valence-electron chi connectivity index (χ0n) is 70.1. The van der Waals surface area contributed by atoms with Crippen molar-refractivity contribution >= 4 is 121 Å². The molecule has 0 saturated carbocycles. The molecular weight excluding hydrogens is 1450 g/mol. The summed E-state index contributed by atoms with van der Waals surface area (Å²) in [7, 11) is 0. The minimum atomic E-state index is -0.292. The predicted molar refractivity (Wildman–Crippen MR) is 512 cm³/mol. The number of anilines is 6. The lowest BCUT2D eigenvalue weighted by Crippen LogP contribution is -2.22. The molecule has 0 aliphatic heterocycles.